The third kappa shape index (κ3) is 1.12. The predicted octanol–water partition coefficient (Wildman–Crippen LogP) is 1.44. The highest BCUT2D eigenvalue weighted by Crippen LogP contribution is 1.98. The summed E-state index contributed by atoms with van der Waals surface area (Å²) >= 11 is 0. The van der Waals surface area contributed by atoms with E-state index in [4.69, 9.17) is 1.41 Å². The van der Waals surface area contributed by atoms with Crippen molar-refractivity contribution in [2.45, 2.75) is 19.9 Å². The third-order valence-corrected chi connectivity index (χ3v) is 1.13. The average molecular weight is 110 g/mol. The second-order valence-corrected chi connectivity index (χ2v) is 2.06. The number of allylic oxidation sites excluding steroid dienone is 3. The first-order valence-electron chi connectivity index (χ1n) is 3.30. The molecule has 0 fully saturated rings. The lowest BCUT2D eigenvalue weighted by molar-refractivity contribution is 0.718. The highest BCUT2D eigenvalue weighted by Gasteiger charge is 1.97. The zero-order valence-electron chi connectivity index (χ0n) is 6.26. The fourth-order valence-electron chi connectivity index (χ4n) is 0.763. The van der Waals surface area contributed by atoms with Crippen molar-refractivity contribution in [2.24, 2.45) is 0 Å². The van der Waals surface area contributed by atoms with Crippen molar-refractivity contribution in [1.82, 2.24) is 5.31 Å². The lowest BCUT2D eigenvalue weighted by Crippen LogP contribution is -2.23. The summed E-state index contributed by atoms with van der Waals surface area (Å²) in [7, 11) is 0. The van der Waals surface area contributed by atoms with Gasteiger partial charge in [0.05, 0.1) is 0 Å². The number of nitrogens with one attached hydrogen (secondary N) is 1. The summed E-state index contributed by atoms with van der Waals surface area (Å²) in [4.78, 5) is 0. The van der Waals surface area contributed by atoms with Crippen LogP contribution in [0, 0.1) is 0 Å². The molecule has 1 rings (SSSR count). The number of rotatable bonds is 0. The number of hydrogen-bond donors (Lipinski definition) is 1. The Morgan fingerprint density at radius 2 is 2.62 bits per heavy atom. The summed E-state index contributed by atoms with van der Waals surface area (Å²) in [5.74, 6) is 0. The van der Waals surface area contributed by atoms with E-state index in [2.05, 4.69) is 0 Å². The molecule has 0 aromatic rings. The average Bonchev–Trinajstić information content (AvgIpc) is 1.83. The molecule has 1 unspecified atom stereocenters. The van der Waals surface area contributed by atoms with E-state index >= 15 is 0 Å². The molecule has 1 N–H and O–H groups in total. The summed E-state index contributed by atoms with van der Waals surface area (Å²) in [6.45, 7) is 3.94. The molecule has 1 atom stereocenters. The second kappa shape index (κ2) is 2.03. The van der Waals surface area contributed by atoms with Gasteiger partial charge in [-0.25, -0.2) is 0 Å². The van der Waals surface area contributed by atoms with Crippen LogP contribution in [0.4, 0.5) is 0 Å². The minimum atomic E-state index is 0.231. The highest BCUT2D eigenvalue weighted by atomic mass is 14.9. The lowest BCUT2D eigenvalue weighted by atomic mass is 10.2. The molecule has 1 aliphatic rings. The van der Waals surface area contributed by atoms with Crippen LogP contribution in [0.15, 0.2) is 23.9 Å². The molecule has 0 spiro atoms. The van der Waals surface area contributed by atoms with Gasteiger partial charge in [0.1, 0.15) is 0 Å². The normalized spacial score (nSPS) is 29.8. The molecule has 0 aromatic heterocycles. The molecule has 0 aliphatic carbocycles. The Morgan fingerprint density at radius 3 is 3.12 bits per heavy atom. The van der Waals surface area contributed by atoms with E-state index in [1.165, 1.54) is 5.31 Å². The van der Waals surface area contributed by atoms with Crippen LogP contribution in [0.3, 0.4) is 0 Å². The first-order valence-corrected chi connectivity index (χ1v) is 2.85. The van der Waals surface area contributed by atoms with E-state index in [1.807, 2.05) is 32.1 Å². The molecule has 1 heterocycles. The Balaban J connectivity index is 2.73. The van der Waals surface area contributed by atoms with Gasteiger partial charge < -0.3 is 5.31 Å². The van der Waals surface area contributed by atoms with Gasteiger partial charge >= 0.3 is 0 Å². The van der Waals surface area contributed by atoms with E-state index < -0.39 is 0 Å². The smallest absolute Gasteiger partial charge is 0.160 e. The van der Waals surface area contributed by atoms with Crippen molar-refractivity contribution < 1.29 is 1.41 Å². The maximum Gasteiger partial charge on any atom is 0.160 e. The van der Waals surface area contributed by atoms with Crippen LogP contribution >= 0.6 is 0 Å². The number of dihydropyridines is 1. The molecular formula is C7H11N. The molecule has 1 aliphatic heterocycles. The van der Waals surface area contributed by atoms with Gasteiger partial charge in [0.25, 0.3) is 0 Å². The topological polar surface area (TPSA) is 12.0 Å². The van der Waals surface area contributed by atoms with Crippen LogP contribution in [0.2, 0.25) is 1.41 Å². The molecule has 1 heteroatoms. The van der Waals surface area contributed by atoms with Crippen LogP contribution < -0.4 is 5.31 Å². The second-order valence-electron chi connectivity index (χ2n) is 2.06. The van der Waals surface area contributed by atoms with E-state index in [0.717, 1.165) is 5.70 Å². The van der Waals surface area contributed by atoms with Crippen LogP contribution in [-0.4, -0.2) is 6.04 Å². The predicted molar refractivity (Wildman–Crippen MR) is 35.5 cm³/mol. The van der Waals surface area contributed by atoms with Gasteiger partial charge in [-0.1, -0.05) is 12.2 Å². The van der Waals surface area contributed by atoms with Gasteiger partial charge in [-0.2, -0.15) is 0 Å². The lowest BCUT2D eigenvalue weighted by Gasteiger charge is -2.13. The highest BCUT2D eigenvalue weighted by molar-refractivity contribution is 5.17. The minimum absolute atomic E-state index is 0.231. The van der Waals surface area contributed by atoms with Crippen molar-refractivity contribution in [3.63, 3.8) is 0 Å². The van der Waals surface area contributed by atoms with Crippen molar-refractivity contribution in [1.29, 1.82) is 0 Å². The Labute approximate surface area is 51.6 Å². The SMILES string of the molecule is [2H]N1C(C)=CC=CC1C. The summed E-state index contributed by atoms with van der Waals surface area (Å²) in [5.41, 5.74) is 1.00. The Kier molecular flexibility index (Phi) is 1.06. The van der Waals surface area contributed by atoms with Crippen molar-refractivity contribution >= 4 is 0 Å². The van der Waals surface area contributed by atoms with E-state index in [-0.39, 0.29) is 6.04 Å². The largest absolute Gasteiger partial charge is 0.383 e. The summed E-state index contributed by atoms with van der Waals surface area (Å²) in [5, 5.41) is 1.50. The zero-order valence-corrected chi connectivity index (χ0v) is 5.26. The fourth-order valence-corrected chi connectivity index (χ4v) is 0.763. The first-order chi connectivity index (χ1) is 4.22. The van der Waals surface area contributed by atoms with E-state index in [0.29, 0.717) is 0 Å². The first kappa shape index (κ1) is 4.19. The van der Waals surface area contributed by atoms with Gasteiger partial charge in [0.2, 0.25) is 0 Å². The van der Waals surface area contributed by atoms with E-state index in [1.54, 1.807) is 0 Å². The molecule has 1 nitrogen and oxygen atoms in total. The molecule has 0 amide bonds. The van der Waals surface area contributed by atoms with Crippen molar-refractivity contribution in [3.8, 4) is 0 Å². The van der Waals surface area contributed by atoms with Gasteiger partial charge in [-0.3, -0.25) is 0 Å². The maximum atomic E-state index is 7.40. The van der Waals surface area contributed by atoms with Gasteiger partial charge in [-0.15, -0.1) is 0 Å². The molecule has 44 valence electrons. The number of hydrogen-bond acceptors (Lipinski definition) is 1. The molecule has 0 bridgehead atoms. The van der Waals surface area contributed by atoms with Gasteiger partial charge in [0.15, 0.2) is 1.41 Å². The molecule has 0 saturated heterocycles. The standard InChI is InChI=1S/C7H11N/c1-6-4-3-5-7(2)8-6/h3-6,8H,1-2H3/i/hD. The van der Waals surface area contributed by atoms with Gasteiger partial charge in [-0.05, 0) is 19.9 Å². The minimum Gasteiger partial charge on any atom is -0.383 e. The van der Waals surface area contributed by atoms with Crippen molar-refractivity contribution in [3.05, 3.63) is 23.9 Å². The summed E-state index contributed by atoms with van der Waals surface area (Å²) in [6.07, 6.45) is 5.93. The molecule has 0 saturated carbocycles. The Bertz CT molecular complexity index is 160. The Hall–Kier alpha value is -0.720. The summed E-state index contributed by atoms with van der Waals surface area (Å²) < 4.78 is 7.40. The van der Waals surface area contributed by atoms with Crippen LogP contribution in [-0.2, 0) is 0 Å². The maximum absolute atomic E-state index is 7.40. The summed E-state index contributed by atoms with van der Waals surface area (Å²) in [6, 6.07) is 0.231. The third-order valence-electron chi connectivity index (χ3n) is 1.13. The van der Waals surface area contributed by atoms with Crippen LogP contribution in [0.25, 0.3) is 0 Å². The van der Waals surface area contributed by atoms with Crippen LogP contribution in [0.5, 0.6) is 0 Å². The molecule has 0 radical (unpaired) electrons. The molecular weight excluding hydrogens is 98.1 g/mol. The monoisotopic (exact) mass is 110 g/mol. The van der Waals surface area contributed by atoms with Gasteiger partial charge in [0, 0.05) is 11.7 Å². The van der Waals surface area contributed by atoms with E-state index in [9.17, 15) is 0 Å². The molecule has 0 aromatic carbocycles. The molecule has 8 heavy (non-hydrogen) atoms. The fraction of sp³-hybridized carbons (Fsp3) is 0.429. The van der Waals surface area contributed by atoms with Crippen molar-refractivity contribution in [2.75, 3.05) is 0 Å². The quantitative estimate of drug-likeness (QED) is 0.497. The Morgan fingerprint density at radius 1 is 1.88 bits per heavy atom. The van der Waals surface area contributed by atoms with Crippen LogP contribution in [0.1, 0.15) is 13.8 Å². The zero-order chi connectivity index (χ0) is 6.85.